The van der Waals surface area contributed by atoms with E-state index in [1.165, 1.54) is 11.8 Å². The van der Waals surface area contributed by atoms with Crippen LogP contribution in [0.4, 0.5) is 11.4 Å². The number of thioether (sulfide) groups is 2. The predicted octanol–water partition coefficient (Wildman–Crippen LogP) is 4.49. The second-order valence-electron chi connectivity index (χ2n) is 7.61. The molecule has 0 spiro atoms. The lowest BCUT2D eigenvalue weighted by Crippen LogP contribution is -2.37. The number of fused-ring (bicyclic) bond motifs is 1. The molecule has 170 valence electrons. The molecule has 2 amide bonds. The van der Waals surface area contributed by atoms with E-state index in [4.69, 9.17) is 17.0 Å². The zero-order valence-electron chi connectivity index (χ0n) is 18.5. The summed E-state index contributed by atoms with van der Waals surface area (Å²) in [5, 5.41) is 2.62. The van der Waals surface area contributed by atoms with E-state index in [9.17, 15) is 9.59 Å². The van der Waals surface area contributed by atoms with Crippen LogP contribution in [0, 0.1) is 20.8 Å². The van der Waals surface area contributed by atoms with Crippen LogP contribution in [0.2, 0.25) is 0 Å². The van der Waals surface area contributed by atoms with Gasteiger partial charge >= 0.3 is 0 Å². The Morgan fingerprint density at radius 1 is 1.21 bits per heavy atom. The maximum absolute atomic E-state index is 12.7. The smallest absolute Gasteiger partial charge is 0.269 e. The number of methoxy groups -OCH3 is 1. The number of benzene rings is 2. The standard InChI is InChI=1S/C23H22N4O3S3/c1-12-8-13(2)18(14(3)9-12)24-17(28)11-32-22-25-20-19(21(29)26-22)33-23(31)27(20)15-6-5-7-16(10-15)30-4/h5-10,19H,11H2,1-4H3,(H,24,28). The monoisotopic (exact) mass is 498 g/mol. The number of anilines is 2. The predicted molar refractivity (Wildman–Crippen MR) is 141 cm³/mol. The van der Waals surface area contributed by atoms with Crippen LogP contribution in [0.15, 0.2) is 46.4 Å². The van der Waals surface area contributed by atoms with Crippen molar-refractivity contribution in [3.05, 3.63) is 53.1 Å². The van der Waals surface area contributed by atoms with Crippen LogP contribution in [0.25, 0.3) is 0 Å². The summed E-state index contributed by atoms with van der Waals surface area (Å²) in [5.41, 5.74) is 4.72. The van der Waals surface area contributed by atoms with E-state index in [-0.39, 0.29) is 22.7 Å². The second kappa shape index (κ2) is 9.66. The van der Waals surface area contributed by atoms with Crippen molar-refractivity contribution >= 4 is 74.3 Å². The van der Waals surface area contributed by atoms with E-state index < -0.39 is 5.25 Å². The normalized spacial score (nSPS) is 17.5. The Morgan fingerprint density at radius 2 is 1.94 bits per heavy atom. The van der Waals surface area contributed by atoms with Crippen molar-refractivity contribution in [3.63, 3.8) is 0 Å². The van der Waals surface area contributed by atoms with Gasteiger partial charge in [-0.25, -0.2) is 4.99 Å². The van der Waals surface area contributed by atoms with E-state index >= 15 is 0 Å². The Hall–Kier alpha value is -2.69. The lowest BCUT2D eigenvalue weighted by molar-refractivity contribution is -0.116. The molecule has 1 fully saturated rings. The highest BCUT2D eigenvalue weighted by Crippen LogP contribution is 2.37. The number of aliphatic imine (C=N–C) groups is 2. The zero-order chi connectivity index (χ0) is 23.7. The van der Waals surface area contributed by atoms with Crippen LogP contribution in [-0.4, -0.2) is 45.3 Å². The van der Waals surface area contributed by atoms with Gasteiger partial charge in [0.05, 0.1) is 18.6 Å². The molecular formula is C23H22N4O3S3. The van der Waals surface area contributed by atoms with Gasteiger partial charge in [0, 0.05) is 11.8 Å². The number of nitrogens with one attached hydrogen (secondary N) is 1. The zero-order valence-corrected chi connectivity index (χ0v) is 21.0. The highest BCUT2D eigenvalue weighted by Gasteiger charge is 2.43. The number of amides is 2. The first kappa shape index (κ1) is 23.5. The highest BCUT2D eigenvalue weighted by molar-refractivity contribution is 8.25. The van der Waals surface area contributed by atoms with Crippen molar-refractivity contribution in [3.8, 4) is 5.75 Å². The average molecular weight is 499 g/mol. The number of amidine groups is 2. The number of carbonyl (C=O) groups excluding carboxylic acids is 2. The van der Waals surface area contributed by atoms with E-state index in [1.54, 1.807) is 12.0 Å². The largest absolute Gasteiger partial charge is 0.497 e. The third-order valence-corrected chi connectivity index (χ3v) is 7.44. The first-order valence-corrected chi connectivity index (χ1v) is 12.4. The van der Waals surface area contributed by atoms with E-state index in [2.05, 4.69) is 15.3 Å². The minimum absolute atomic E-state index is 0.0804. The molecule has 33 heavy (non-hydrogen) atoms. The average Bonchev–Trinajstić information content (AvgIpc) is 3.11. The van der Waals surface area contributed by atoms with E-state index in [1.807, 2.05) is 57.2 Å². The third kappa shape index (κ3) is 4.97. The second-order valence-corrected chi connectivity index (χ2v) is 10.3. The van der Waals surface area contributed by atoms with Crippen LogP contribution in [-0.2, 0) is 9.59 Å². The van der Waals surface area contributed by atoms with Gasteiger partial charge in [0.25, 0.3) is 5.91 Å². The van der Waals surface area contributed by atoms with E-state index in [0.717, 1.165) is 39.8 Å². The van der Waals surface area contributed by atoms with Gasteiger partial charge in [-0.15, -0.1) is 0 Å². The molecule has 1 N–H and O–H groups in total. The molecule has 0 saturated carbocycles. The molecular weight excluding hydrogens is 476 g/mol. The summed E-state index contributed by atoms with van der Waals surface area (Å²) in [4.78, 5) is 35.7. The summed E-state index contributed by atoms with van der Waals surface area (Å²) in [7, 11) is 1.59. The van der Waals surface area contributed by atoms with Crippen molar-refractivity contribution < 1.29 is 14.3 Å². The van der Waals surface area contributed by atoms with Crippen molar-refractivity contribution in [2.45, 2.75) is 26.0 Å². The van der Waals surface area contributed by atoms with Gasteiger partial charge < -0.3 is 10.1 Å². The highest BCUT2D eigenvalue weighted by atomic mass is 32.2. The lowest BCUT2D eigenvalue weighted by Gasteiger charge is -2.21. The first-order chi connectivity index (χ1) is 15.8. The molecule has 0 bridgehead atoms. The number of hydrogen-bond acceptors (Lipinski definition) is 7. The lowest BCUT2D eigenvalue weighted by atomic mass is 10.1. The molecule has 2 aliphatic heterocycles. The maximum atomic E-state index is 12.7. The first-order valence-electron chi connectivity index (χ1n) is 10.1. The quantitative estimate of drug-likeness (QED) is 0.608. The number of aryl methyl sites for hydroxylation is 3. The Morgan fingerprint density at radius 3 is 2.64 bits per heavy atom. The van der Waals surface area contributed by atoms with Gasteiger partial charge in [0.15, 0.2) is 10.4 Å². The molecule has 2 aromatic rings. The molecule has 4 rings (SSSR count). The molecule has 0 radical (unpaired) electrons. The molecule has 1 saturated heterocycles. The van der Waals surface area contributed by atoms with Crippen molar-refractivity contribution in [1.29, 1.82) is 0 Å². The number of rotatable bonds is 5. The molecule has 1 unspecified atom stereocenters. The summed E-state index contributed by atoms with van der Waals surface area (Å²) < 4.78 is 5.83. The van der Waals surface area contributed by atoms with Crippen LogP contribution < -0.4 is 15.0 Å². The Balaban J connectivity index is 1.50. The number of ether oxygens (including phenoxy) is 1. The fourth-order valence-electron chi connectivity index (χ4n) is 3.70. The number of carbonyl (C=O) groups is 2. The van der Waals surface area contributed by atoms with Crippen molar-refractivity contribution in [2.75, 3.05) is 23.1 Å². The molecule has 0 aromatic heterocycles. The fraction of sp³-hybridized carbons (Fsp3) is 0.261. The SMILES string of the molecule is COc1cccc(N2C(=S)SC3C(=O)N=C(SCC(=O)Nc4c(C)cc(C)cc4C)N=C32)c1. The molecule has 10 heteroatoms. The van der Waals surface area contributed by atoms with Gasteiger partial charge in [-0.1, -0.05) is 59.5 Å². The van der Waals surface area contributed by atoms with Crippen molar-refractivity contribution in [2.24, 2.45) is 9.98 Å². The summed E-state index contributed by atoms with van der Waals surface area (Å²) >= 11 is 7.89. The van der Waals surface area contributed by atoms with Gasteiger partial charge in [-0.2, -0.15) is 4.99 Å². The van der Waals surface area contributed by atoms with Gasteiger partial charge in [-0.3, -0.25) is 14.5 Å². The summed E-state index contributed by atoms with van der Waals surface area (Å²) in [6.45, 7) is 5.95. The summed E-state index contributed by atoms with van der Waals surface area (Å²) in [5.74, 6) is 0.746. The maximum Gasteiger partial charge on any atom is 0.269 e. The van der Waals surface area contributed by atoms with Crippen LogP contribution >= 0.6 is 35.7 Å². The fourth-order valence-corrected chi connectivity index (χ4v) is 5.75. The molecule has 2 heterocycles. The molecule has 1 atom stereocenters. The van der Waals surface area contributed by atoms with Crippen LogP contribution in [0.5, 0.6) is 5.75 Å². The Kier molecular flexibility index (Phi) is 6.87. The van der Waals surface area contributed by atoms with E-state index in [0.29, 0.717) is 15.9 Å². The Bertz CT molecular complexity index is 1200. The molecule has 2 aliphatic rings. The molecule has 2 aromatic carbocycles. The summed E-state index contributed by atoms with van der Waals surface area (Å²) in [6, 6.07) is 11.5. The number of hydrogen-bond donors (Lipinski definition) is 1. The number of thiocarbonyl (C=S) groups is 1. The Labute approximate surface area is 206 Å². The third-order valence-electron chi connectivity index (χ3n) is 5.09. The minimum Gasteiger partial charge on any atom is -0.497 e. The van der Waals surface area contributed by atoms with Gasteiger partial charge in [0.1, 0.15) is 15.9 Å². The van der Waals surface area contributed by atoms with Crippen molar-refractivity contribution in [1.82, 2.24) is 0 Å². The molecule has 0 aliphatic carbocycles. The van der Waals surface area contributed by atoms with Crippen LogP contribution in [0.1, 0.15) is 16.7 Å². The number of nitrogens with zero attached hydrogens (tertiary/aromatic N) is 3. The summed E-state index contributed by atoms with van der Waals surface area (Å²) in [6.07, 6.45) is 0. The topological polar surface area (TPSA) is 83.4 Å². The van der Waals surface area contributed by atoms with Crippen LogP contribution in [0.3, 0.4) is 0 Å². The van der Waals surface area contributed by atoms with Gasteiger partial charge in [-0.05, 0) is 44.0 Å². The molecule has 7 nitrogen and oxygen atoms in total. The minimum atomic E-state index is -0.584. The van der Waals surface area contributed by atoms with Gasteiger partial charge in [0.2, 0.25) is 5.91 Å².